The molecular weight excluding hydrogens is 222 g/mol. The number of rotatable bonds is 2. The van der Waals surface area contributed by atoms with Crippen molar-refractivity contribution in [2.45, 2.75) is 31.3 Å². The summed E-state index contributed by atoms with van der Waals surface area (Å²) in [5.41, 5.74) is 2.66. The van der Waals surface area contributed by atoms with Crippen LogP contribution in [0.2, 0.25) is 0 Å². The van der Waals surface area contributed by atoms with Crippen LogP contribution < -0.4 is 15.1 Å². The predicted molar refractivity (Wildman–Crippen MR) is 77.5 cm³/mol. The molecule has 3 rings (SSSR count). The second-order valence-corrected chi connectivity index (χ2v) is 5.66. The van der Waals surface area contributed by atoms with Crippen molar-refractivity contribution < 1.29 is 0 Å². The Balaban J connectivity index is 1.80. The number of hydrogen-bond donors (Lipinski definition) is 1. The molecule has 3 nitrogen and oxygen atoms in total. The Morgan fingerprint density at radius 1 is 1.17 bits per heavy atom. The zero-order valence-electron chi connectivity index (χ0n) is 11.4. The molecule has 1 aromatic carbocycles. The fourth-order valence-corrected chi connectivity index (χ4v) is 3.33. The summed E-state index contributed by atoms with van der Waals surface area (Å²) >= 11 is 0. The molecule has 98 valence electrons. The van der Waals surface area contributed by atoms with Crippen molar-refractivity contribution in [1.29, 1.82) is 0 Å². The van der Waals surface area contributed by atoms with Crippen LogP contribution in [0, 0.1) is 0 Å². The van der Waals surface area contributed by atoms with Gasteiger partial charge in [0.15, 0.2) is 0 Å². The van der Waals surface area contributed by atoms with E-state index in [-0.39, 0.29) is 0 Å². The zero-order valence-corrected chi connectivity index (χ0v) is 11.4. The van der Waals surface area contributed by atoms with Crippen LogP contribution in [0.1, 0.15) is 19.3 Å². The fraction of sp³-hybridized carbons (Fsp3) is 0.600. The number of fused-ring (bicyclic) bond motifs is 1. The number of anilines is 2. The Morgan fingerprint density at radius 2 is 1.94 bits per heavy atom. The second-order valence-electron chi connectivity index (χ2n) is 5.66. The molecule has 2 saturated heterocycles. The van der Waals surface area contributed by atoms with Gasteiger partial charge in [0.25, 0.3) is 0 Å². The fourth-order valence-electron chi connectivity index (χ4n) is 3.33. The number of benzene rings is 1. The summed E-state index contributed by atoms with van der Waals surface area (Å²) in [5, 5.41) is 3.64. The molecule has 0 radical (unpaired) electrons. The minimum atomic E-state index is 0.712. The van der Waals surface area contributed by atoms with Crippen LogP contribution in [-0.4, -0.2) is 39.3 Å². The maximum atomic E-state index is 3.64. The first-order valence-electron chi connectivity index (χ1n) is 7.03. The summed E-state index contributed by atoms with van der Waals surface area (Å²) in [6.07, 6.45) is 3.95. The Morgan fingerprint density at radius 3 is 2.67 bits per heavy atom. The van der Waals surface area contributed by atoms with Crippen molar-refractivity contribution in [2.75, 3.05) is 37.0 Å². The molecule has 2 aliphatic rings. The van der Waals surface area contributed by atoms with E-state index in [0.717, 1.165) is 0 Å². The van der Waals surface area contributed by atoms with Gasteiger partial charge in [0.1, 0.15) is 0 Å². The molecule has 2 heterocycles. The van der Waals surface area contributed by atoms with Crippen molar-refractivity contribution in [1.82, 2.24) is 5.32 Å². The molecule has 2 fully saturated rings. The highest BCUT2D eigenvalue weighted by molar-refractivity contribution is 5.56. The largest absolute Gasteiger partial charge is 0.378 e. The van der Waals surface area contributed by atoms with Crippen LogP contribution in [0.25, 0.3) is 0 Å². The third-order valence-corrected chi connectivity index (χ3v) is 4.32. The molecule has 2 atom stereocenters. The van der Waals surface area contributed by atoms with E-state index in [2.05, 4.69) is 53.5 Å². The van der Waals surface area contributed by atoms with Gasteiger partial charge in [-0.1, -0.05) is 0 Å². The second kappa shape index (κ2) is 4.81. The number of nitrogens with zero attached hydrogens (tertiary/aromatic N) is 2. The van der Waals surface area contributed by atoms with E-state index in [4.69, 9.17) is 0 Å². The minimum Gasteiger partial charge on any atom is -0.378 e. The summed E-state index contributed by atoms with van der Waals surface area (Å²) in [4.78, 5) is 4.76. The molecule has 0 amide bonds. The monoisotopic (exact) mass is 245 g/mol. The molecule has 18 heavy (non-hydrogen) atoms. The van der Waals surface area contributed by atoms with Crippen LogP contribution in [0.3, 0.4) is 0 Å². The lowest BCUT2D eigenvalue weighted by Crippen LogP contribution is -2.48. The molecule has 0 spiro atoms. The average Bonchev–Trinajstić information content (AvgIpc) is 2.87. The zero-order chi connectivity index (χ0) is 12.5. The Hall–Kier alpha value is -1.22. The van der Waals surface area contributed by atoms with Gasteiger partial charge in [-0.15, -0.1) is 0 Å². The smallest absolute Gasteiger partial charge is 0.0455 e. The molecular formula is C15H23N3. The van der Waals surface area contributed by atoms with Crippen LogP contribution >= 0.6 is 0 Å². The maximum Gasteiger partial charge on any atom is 0.0455 e. The lowest BCUT2D eigenvalue weighted by atomic mass is 9.96. The van der Waals surface area contributed by atoms with Gasteiger partial charge in [0.2, 0.25) is 0 Å². The lowest BCUT2D eigenvalue weighted by molar-refractivity contribution is 0.412. The molecule has 2 unspecified atom stereocenters. The lowest BCUT2D eigenvalue weighted by Gasteiger charge is -2.39. The highest BCUT2D eigenvalue weighted by Crippen LogP contribution is 2.30. The quantitative estimate of drug-likeness (QED) is 0.860. The van der Waals surface area contributed by atoms with Crippen molar-refractivity contribution in [3.05, 3.63) is 24.3 Å². The first-order valence-corrected chi connectivity index (χ1v) is 7.03. The number of hydrogen-bond acceptors (Lipinski definition) is 3. The third kappa shape index (κ3) is 2.07. The molecule has 3 heteroatoms. The Bertz CT molecular complexity index is 399. The SMILES string of the molecule is CN(C)c1ccc(N2CCCC3NCCC32)cc1. The van der Waals surface area contributed by atoms with E-state index >= 15 is 0 Å². The van der Waals surface area contributed by atoms with Crippen LogP contribution in [0.4, 0.5) is 11.4 Å². The van der Waals surface area contributed by atoms with Gasteiger partial charge >= 0.3 is 0 Å². The molecule has 0 aliphatic carbocycles. The first kappa shape index (κ1) is 11.8. The summed E-state index contributed by atoms with van der Waals surface area (Å²) in [6.45, 7) is 2.39. The van der Waals surface area contributed by atoms with Gasteiger partial charge in [-0.05, 0) is 50.1 Å². The summed E-state index contributed by atoms with van der Waals surface area (Å²) in [7, 11) is 4.18. The predicted octanol–water partition coefficient (Wildman–Crippen LogP) is 2.08. The van der Waals surface area contributed by atoms with E-state index in [1.807, 2.05) is 0 Å². The Kier molecular flexibility index (Phi) is 3.16. The van der Waals surface area contributed by atoms with Gasteiger partial charge in [0.05, 0.1) is 0 Å². The van der Waals surface area contributed by atoms with E-state index in [1.54, 1.807) is 0 Å². The van der Waals surface area contributed by atoms with Gasteiger partial charge in [0, 0.05) is 44.1 Å². The molecule has 0 bridgehead atoms. The summed E-state index contributed by atoms with van der Waals surface area (Å²) in [6, 6.07) is 10.4. The highest BCUT2D eigenvalue weighted by Gasteiger charge is 2.34. The molecule has 1 N–H and O–H groups in total. The van der Waals surface area contributed by atoms with Crippen molar-refractivity contribution in [3.63, 3.8) is 0 Å². The van der Waals surface area contributed by atoms with Gasteiger partial charge < -0.3 is 15.1 Å². The van der Waals surface area contributed by atoms with E-state index in [9.17, 15) is 0 Å². The van der Waals surface area contributed by atoms with Crippen LogP contribution in [0.15, 0.2) is 24.3 Å². The van der Waals surface area contributed by atoms with E-state index in [0.29, 0.717) is 12.1 Å². The summed E-state index contributed by atoms with van der Waals surface area (Å²) in [5.74, 6) is 0. The van der Waals surface area contributed by atoms with E-state index in [1.165, 1.54) is 43.7 Å². The maximum absolute atomic E-state index is 3.64. The van der Waals surface area contributed by atoms with Crippen LogP contribution in [-0.2, 0) is 0 Å². The molecule has 0 saturated carbocycles. The summed E-state index contributed by atoms with van der Waals surface area (Å²) < 4.78 is 0. The minimum absolute atomic E-state index is 0.712. The number of nitrogens with one attached hydrogen (secondary N) is 1. The molecule has 2 aliphatic heterocycles. The average molecular weight is 245 g/mol. The van der Waals surface area contributed by atoms with Gasteiger partial charge in [-0.25, -0.2) is 0 Å². The Labute approximate surface area is 110 Å². The number of piperidine rings is 1. The standard InChI is InChI=1S/C15H23N3/c1-17(2)12-5-7-13(8-6-12)18-11-3-4-14-15(18)9-10-16-14/h5-8,14-16H,3-4,9-11H2,1-2H3. The highest BCUT2D eigenvalue weighted by atomic mass is 15.2. The van der Waals surface area contributed by atoms with E-state index < -0.39 is 0 Å². The van der Waals surface area contributed by atoms with Gasteiger partial charge in [-0.2, -0.15) is 0 Å². The van der Waals surface area contributed by atoms with Crippen molar-refractivity contribution in [2.24, 2.45) is 0 Å². The molecule has 0 aromatic heterocycles. The third-order valence-electron chi connectivity index (χ3n) is 4.32. The normalized spacial score (nSPS) is 27.1. The first-order chi connectivity index (χ1) is 8.75. The van der Waals surface area contributed by atoms with Crippen molar-refractivity contribution >= 4 is 11.4 Å². The topological polar surface area (TPSA) is 18.5 Å². The molecule has 1 aromatic rings. The van der Waals surface area contributed by atoms with Gasteiger partial charge in [-0.3, -0.25) is 0 Å². The van der Waals surface area contributed by atoms with Crippen LogP contribution in [0.5, 0.6) is 0 Å². The van der Waals surface area contributed by atoms with Crippen molar-refractivity contribution in [3.8, 4) is 0 Å².